The Balaban J connectivity index is 1.71. The maximum Gasteiger partial charge on any atom is 0.239 e. The summed E-state index contributed by atoms with van der Waals surface area (Å²) in [7, 11) is 2.10. The minimum atomic E-state index is -0.0953. The molecular formula is C16H25N3O. The lowest BCUT2D eigenvalue weighted by Crippen LogP contribution is -2.52. The van der Waals surface area contributed by atoms with Gasteiger partial charge in [0.1, 0.15) is 0 Å². The molecule has 0 spiro atoms. The lowest BCUT2D eigenvalue weighted by atomic mass is 10.1. The van der Waals surface area contributed by atoms with Gasteiger partial charge in [-0.3, -0.25) is 4.79 Å². The summed E-state index contributed by atoms with van der Waals surface area (Å²) in [5.41, 5.74) is 1.30. The van der Waals surface area contributed by atoms with Crippen LogP contribution in [0.2, 0.25) is 0 Å². The molecule has 110 valence electrons. The molecule has 0 aliphatic carbocycles. The molecule has 1 fully saturated rings. The smallest absolute Gasteiger partial charge is 0.239 e. The van der Waals surface area contributed by atoms with E-state index < -0.39 is 0 Å². The molecule has 1 heterocycles. The van der Waals surface area contributed by atoms with Gasteiger partial charge in [-0.2, -0.15) is 0 Å². The van der Waals surface area contributed by atoms with Crippen molar-refractivity contribution in [2.45, 2.75) is 19.4 Å². The van der Waals surface area contributed by atoms with Crippen molar-refractivity contribution in [3.8, 4) is 0 Å². The maximum absolute atomic E-state index is 12.3. The van der Waals surface area contributed by atoms with Crippen molar-refractivity contribution >= 4 is 5.91 Å². The van der Waals surface area contributed by atoms with Crippen LogP contribution in [-0.4, -0.2) is 61.5 Å². The maximum atomic E-state index is 12.3. The molecule has 2 rings (SSSR count). The van der Waals surface area contributed by atoms with Gasteiger partial charge in [0, 0.05) is 26.2 Å². The summed E-state index contributed by atoms with van der Waals surface area (Å²) in [4.78, 5) is 16.5. The number of hydrogen-bond donors (Lipinski definition) is 1. The van der Waals surface area contributed by atoms with E-state index in [1.54, 1.807) is 0 Å². The Morgan fingerprint density at radius 2 is 1.85 bits per heavy atom. The Hall–Kier alpha value is -1.39. The van der Waals surface area contributed by atoms with E-state index in [2.05, 4.69) is 29.4 Å². The van der Waals surface area contributed by atoms with Crippen LogP contribution in [0.25, 0.3) is 0 Å². The molecule has 1 amide bonds. The molecule has 4 heteroatoms. The SMILES string of the molecule is CC(NCCc1ccccc1)C(=O)N1CCN(C)CC1. The first-order valence-electron chi connectivity index (χ1n) is 7.41. The second-order valence-corrected chi connectivity index (χ2v) is 5.54. The topological polar surface area (TPSA) is 35.6 Å². The molecule has 4 nitrogen and oxygen atoms in total. The van der Waals surface area contributed by atoms with Crippen molar-refractivity contribution in [1.29, 1.82) is 0 Å². The lowest BCUT2D eigenvalue weighted by molar-refractivity contribution is -0.134. The first-order valence-corrected chi connectivity index (χ1v) is 7.41. The molecule has 1 saturated heterocycles. The second kappa shape index (κ2) is 7.41. The molecule has 20 heavy (non-hydrogen) atoms. The fourth-order valence-corrected chi connectivity index (χ4v) is 2.47. The number of carbonyl (C=O) groups is 1. The van der Waals surface area contributed by atoms with Crippen LogP contribution in [0, 0.1) is 0 Å². The fourth-order valence-electron chi connectivity index (χ4n) is 2.47. The van der Waals surface area contributed by atoms with Crippen molar-refractivity contribution in [2.24, 2.45) is 0 Å². The van der Waals surface area contributed by atoms with Gasteiger partial charge in [0.25, 0.3) is 0 Å². The molecular weight excluding hydrogens is 250 g/mol. The Morgan fingerprint density at radius 1 is 1.20 bits per heavy atom. The highest BCUT2D eigenvalue weighted by molar-refractivity contribution is 5.81. The molecule has 1 aromatic rings. The minimum Gasteiger partial charge on any atom is -0.339 e. The number of piperazine rings is 1. The molecule has 1 N–H and O–H groups in total. The van der Waals surface area contributed by atoms with Crippen LogP contribution < -0.4 is 5.32 Å². The van der Waals surface area contributed by atoms with Crippen LogP contribution in [0.1, 0.15) is 12.5 Å². The normalized spacial score (nSPS) is 18.0. The molecule has 0 radical (unpaired) electrons. The second-order valence-electron chi connectivity index (χ2n) is 5.54. The highest BCUT2D eigenvalue weighted by atomic mass is 16.2. The number of nitrogens with zero attached hydrogens (tertiary/aromatic N) is 2. The number of carbonyl (C=O) groups excluding carboxylic acids is 1. The third-order valence-electron chi connectivity index (χ3n) is 3.89. The van der Waals surface area contributed by atoms with Gasteiger partial charge in [0.15, 0.2) is 0 Å². The first-order chi connectivity index (χ1) is 9.66. The van der Waals surface area contributed by atoms with Crippen molar-refractivity contribution in [1.82, 2.24) is 15.1 Å². The predicted molar refractivity (Wildman–Crippen MR) is 81.7 cm³/mol. The molecule has 1 aromatic carbocycles. The van der Waals surface area contributed by atoms with E-state index in [1.807, 2.05) is 30.0 Å². The third-order valence-corrected chi connectivity index (χ3v) is 3.89. The van der Waals surface area contributed by atoms with E-state index in [0.29, 0.717) is 0 Å². The Kier molecular flexibility index (Phi) is 5.56. The third kappa shape index (κ3) is 4.32. The van der Waals surface area contributed by atoms with E-state index in [0.717, 1.165) is 39.1 Å². The van der Waals surface area contributed by atoms with Crippen molar-refractivity contribution in [3.63, 3.8) is 0 Å². The van der Waals surface area contributed by atoms with Gasteiger partial charge in [-0.05, 0) is 32.5 Å². The number of hydrogen-bond acceptors (Lipinski definition) is 3. The largest absolute Gasteiger partial charge is 0.339 e. The highest BCUT2D eigenvalue weighted by Gasteiger charge is 2.22. The summed E-state index contributed by atoms with van der Waals surface area (Å²) in [6, 6.07) is 10.3. The summed E-state index contributed by atoms with van der Waals surface area (Å²) >= 11 is 0. The van der Waals surface area contributed by atoms with Crippen molar-refractivity contribution < 1.29 is 4.79 Å². The van der Waals surface area contributed by atoms with Crippen molar-refractivity contribution in [2.75, 3.05) is 39.8 Å². The van der Waals surface area contributed by atoms with Gasteiger partial charge in [-0.25, -0.2) is 0 Å². The molecule has 1 aliphatic heterocycles. The predicted octanol–water partition coefficient (Wildman–Crippen LogP) is 0.981. The van der Waals surface area contributed by atoms with Gasteiger partial charge in [0.05, 0.1) is 6.04 Å². The molecule has 1 atom stereocenters. The van der Waals surface area contributed by atoms with E-state index in [4.69, 9.17) is 0 Å². The quantitative estimate of drug-likeness (QED) is 0.870. The Morgan fingerprint density at radius 3 is 2.50 bits per heavy atom. The van der Waals surface area contributed by atoms with Crippen LogP contribution >= 0.6 is 0 Å². The van der Waals surface area contributed by atoms with E-state index in [1.165, 1.54) is 5.56 Å². The average Bonchev–Trinajstić information content (AvgIpc) is 2.48. The van der Waals surface area contributed by atoms with E-state index >= 15 is 0 Å². The van der Waals surface area contributed by atoms with Crippen LogP contribution in [0.4, 0.5) is 0 Å². The summed E-state index contributed by atoms with van der Waals surface area (Å²) in [5.74, 6) is 0.228. The summed E-state index contributed by atoms with van der Waals surface area (Å²) < 4.78 is 0. The Labute approximate surface area is 121 Å². The van der Waals surface area contributed by atoms with Gasteiger partial charge in [0.2, 0.25) is 5.91 Å². The highest BCUT2D eigenvalue weighted by Crippen LogP contribution is 2.03. The van der Waals surface area contributed by atoms with Gasteiger partial charge in [-0.1, -0.05) is 30.3 Å². The molecule has 1 aliphatic rings. The fraction of sp³-hybridized carbons (Fsp3) is 0.562. The monoisotopic (exact) mass is 275 g/mol. The zero-order valence-electron chi connectivity index (χ0n) is 12.5. The van der Waals surface area contributed by atoms with Gasteiger partial charge < -0.3 is 15.1 Å². The Bertz CT molecular complexity index is 413. The van der Waals surface area contributed by atoms with Gasteiger partial charge >= 0.3 is 0 Å². The van der Waals surface area contributed by atoms with E-state index in [-0.39, 0.29) is 11.9 Å². The number of benzene rings is 1. The van der Waals surface area contributed by atoms with Crippen molar-refractivity contribution in [3.05, 3.63) is 35.9 Å². The summed E-state index contributed by atoms with van der Waals surface area (Å²) in [6.45, 7) is 6.45. The van der Waals surface area contributed by atoms with E-state index in [9.17, 15) is 4.79 Å². The van der Waals surface area contributed by atoms with Crippen LogP contribution in [-0.2, 0) is 11.2 Å². The van der Waals surface area contributed by atoms with Crippen LogP contribution in [0.3, 0.4) is 0 Å². The summed E-state index contributed by atoms with van der Waals surface area (Å²) in [6.07, 6.45) is 0.960. The number of rotatable bonds is 5. The molecule has 0 aromatic heterocycles. The first kappa shape index (κ1) is 15.0. The standard InChI is InChI=1S/C16H25N3O/c1-14(16(20)19-12-10-18(2)11-13-19)17-9-8-15-6-4-3-5-7-15/h3-7,14,17H,8-13H2,1-2H3. The average molecular weight is 275 g/mol. The van der Waals surface area contributed by atoms with Crippen LogP contribution in [0.5, 0.6) is 0 Å². The van der Waals surface area contributed by atoms with Crippen LogP contribution in [0.15, 0.2) is 30.3 Å². The number of nitrogens with one attached hydrogen (secondary N) is 1. The molecule has 1 unspecified atom stereocenters. The minimum absolute atomic E-state index is 0.0953. The zero-order chi connectivity index (χ0) is 14.4. The number of likely N-dealkylation sites (N-methyl/N-ethyl adjacent to an activating group) is 1. The molecule has 0 saturated carbocycles. The number of amides is 1. The van der Waals surface area contributed by atoms with Gasteiger partial charge in [-0.15, -0.1) is 0 Å². The summed E-state index contributed by atoms with van der Waals surface area (Å²) in [5, 5.41) is 3.33. The molecule has 0 bridgehead atoms. The zero-order valence-corrected chi connectivity index (χ0v) is 12.5. The lowest BCUT2D eigenvalue weighted by Gasteiger charge is -2.34.